The van der Waals surface area contributed by atoms with Gasteiger partial charge in [-0.3, -0.25) is 0 Å². The van der Waals surface area contributed by atoms with Gasteiger partial charge in [-0.05, 0) is 81.3 Å². The minimum absolute atomic E-state index is 0.117. The first-order valence-electron chi connectivity index (χ1n) is 14.0. The zero-order chi connectivity index (χ0) is 30.3. The number of nitrogens with zero attached hydrogens (tertiary/aromatic N) is 2. The van der Waals surface area contributed by atoms with E-state index in [1.54, 1.807) is 43.5 Å². The Morgan fingerprint density at radius 1 is 0.907 bits per heavy atom. The molecule has 0 aliphatic carbocycles. The van der Waals surface area contributed by atoms with Gasteiger partial charge in [0.15, 0.2) is 23.0 Å². The molecular formula is C32H32N2O8S. The Morgan fingerprint density at radius 2 is 1.63 bits per heavy atom. The predicted octanol–water partition coefficient (Wildman–Crippen LogP) is 5.44. The van der Waals surface area contributed by atoms with Crippen LogP contribution in [0.1, 0.15) is 44.4 Å². The number of rotatable bonds is 9. The molecule has 0 saturated carbocycles. The van der Waals surface area contributed by atoms with Crippen LogP contribution in [0.15, 0.2) is 54.1 Å². The number of methoxy groups -OCH3 is 1. The summed E-state index contributed by atoms with van der Waals surface area (Å²) in [5.74, 6) is -0.324. The normalized spacial score (nSPS) is 18.0. The lowest BCUT2D eigenvalue weighted by molar-refractivity contribution is -0.185. The van der Waals surface area contributed by atoms with Gasteiger partial charge in [0.2, 0.25) is 5.75 Å². The van der Waals surface area contributed by atoms with Crippen molar-refractivity contribution < 1.29 is 38.3 Å². The Hall–Kier alpha value is -4.35. The molecule has 3 aromatic carbocycles. The molecule has 1 aromatic heterocycles. The van der Waals surface area contributed by atoms with Crippen molar-refractivity contribution in [3.05, 3.63) is 70.8 Å². The van der Waals surface area contributed by atoms with Gasteiger partial charge in [0.1, 0.15) is 24.2 Å². The van der Waals surface area contributed by atoms with Crippen molar-refractivity contribution in [1.82, 2.24) is 8.75 Å². The fourth-order valence-corrected chi connectivity index (χ4v) is 5.76. The standard InChI is InChI=1S/C32H32N2O8S/c1-17(2)40-28-14-19(13-27(37-5)30(28)41-18(3)4)12-22-29(20-6-8-23-24(15-20)34-43-33-23)31(35)42-32(22,36)21-7-9-25-26(16-21)39-11-10-38-25/h6-9,13-18,36H,10-12H2,1-5H3. The fourth-order valence-electron chi connectivity index (χ4n) is 5.25. The first-order valence-corrected chi connectivity index (χ1v) is 14.8. The second kappa shape index (κ2) is 11.4. The second-order valence-corrected chi connectivity index (χ2v) is 11.4. The number of aliphatic hydroxyl groups is 1. The minimum Gasteiger partial charge on any atom is -0.493 e. The molecule has 2 aliphatic heterocycles. The molecule has 0 bridgehead atoms. The molecule has 0 radical (unpaired) electrons. The van der Waals surface area contributed by atoms with E-state index in [-0.39, 0.29) is 24.2 Å². The van der Waals surface area contributed by atoms with E-state index >= 15 is 0 Å². The highest BCUT2D eigenvalue weighted by Gasteiger charge is 2.48. The first kappa shape index (κ1) is 28.8. The molecular weight excluding hydrogens is 572 g/mol. The van der Waals surface area contributed by atoms with Crippen LogP contribution in [-0.4, -0.2) is 52.4 Å². The first-order chi connectivity index (χ1) is 20.7. The monoisotopic (exact) mass is 604 g/mol. The Labute approximate surface area is 253 Å². The molecule has 1 unspecified atom stereocenters. The maximum absolute atomic E-state index is 13.6. The topological polar surface area (TPSA) is 118 Å². The highest BCUT2D eigenvalue weighted by molar-refractivity contribution is 7.00. The van der Waals surface area contributed by atoms with Crippen LogP contribution in [-0.2, 0) is 21.7 Å². The van der Waals surface area contributed by atoms with E-state index in [1.165, 1.54) is 0 Å². The number of carbonyl (C=O) groups excluding carboxylic acids is 1. The number of hydrogen-bond donors (Lipinski definition) is 1. The van der Waals surface area contributed by atoms with Gasteiger partial charge in [0.25, 0.3) is 5.79 Å². The molecule has 0 fully saturated rings. The van der Waals surface area contributed by atoms with Crippen molar-refractivity contribution >= 4 is 34.3 Å². The fraction of sp³-hybridized carbons (Fsp3) is 0.344. The van der Waals surface area contributed by atoms with Crippen molar-refractivity contribution in [3.63, 3.8) is 0 Å². The van der Waals surface area contributed by atoms with Crippen molar-refractivity contribution in [2.75, 3.05) is 20.3 Å². The van der Waals surface area contributed by atoms with Crippen LogP contribution in [0.2, 0.25) is 0 Å². The van der Waals surface area contributed by atoms with Crippen LogP contribution in [0, 0.1) is 0 Å². The summed E-state index contributed by atoms with van der Waals surface area (Å²) in [6.07, 6.45) is -0.153. The van der Waals surface area contributed by atoms with E-state index < -0.39 is 11.8 Å². The minimum atomic E-state index is -2.10. The molecule has 2 aliphatic rings. The third-order valence-electron chi connectivity index (χ3n) is 7.03. The summed E-state index contributed by atoms with van der Waals surface area (Å²) in [6.45, 7) is 8.49. The summed E-state index contributed by atoms with van der Waals surface area (Å²) in [6, 6.07) is 14.0. The maximum Gasteiger partial charge on any atom is 0.342 e. The van der Waals surface area contributed by atoms with Crippen molar-refractivity contribution in [2.24, 2.45) is 0 Å². The van der Waals surface area contributed by atoms with E-state index in [0.29, 0.717) is 75.3 Å². The SMILES string of the molecule is COc1cc(CC2=C(c3ccc4nsnc4c3)C(=O)OC2(O)c2ccc3c(c2)OCCO3)cc(OC(C)C)c1OC(C)C. The van der Waals surface area contributed by atoms with E-state index in [1.807, 2.05) is 39.8 Å². The number of ether oxygens (including phenoxy) is 6. The van der Waals surface area contributed by atoms with E-state index in [0.717, 1.165) is 11.7 Å². The van der Waals surface area contributed by atoms with Crippen LogP contribution >= 0.6 is 11.7 Å². The maximum atomic E-state index is 13.6. The van der Waals surface area contributed by atoms with E-state index in [4.69, 9.17) is 28.4 Å². The lowest BCUT2D eigenvalue weighted by atomic mass is 9.87. The molecule has 1 N–H and O–H groups in total. The molecule has 3 heterocycles. The number of hydrogen-bond acceptors (Lipinski definition) is 11. The van der Waals surface area contributed by atoms with E-state index in [9.17, 15) is 9.90 Å². The van der Waals surface area contributed by atoms with Gasteiger partial charge in [-0.1, -0.05) is 6.07 Å². The van der Waals surface area contributed by atoms with Gasteiger partial charge in [0.05, 0.1) is 36.6 Å². The van der Waals surface area contributed by atoms with Crippen LogP contribution in [0.25, 0.3) is 16.6 Å². The van der Waals surface area contributed by atoms with Crippen LogP contribution in [0.5, 0.6) is 28.7 Å². The second-order valence-electron chi connectivity index (χ2n) is 10.8. The molecule has 6 rings (SSSR count). The third kappa shape index (κ3) is 5.46. The summed E-state index contributed by atoms with van der Waals surface area (Å²) in [5, 5.41) is 12.3. The van der Waals surface area contributed by atoms with Crippen LogP contribution in [0.4, 0.5) is 0 Å². The molecule has 0 saturated heterocycles. The van der Waals surface area contributed by atoms with Crippen molar-refractivity contribution in [1.29, 1.82) is 0 Å². The van der Waals surface area contributed by atoms with Crippen molar-refractivity contribution in [3.8, 4) is 28.7 Å². The predicted molar refractivity (Wildman–Crippen MR) is 160 cm³/mol. The highest BCUT2D eigenvalue weighted by Crippen LogP contribution is 2.48. The van der Waals surface area contributed by atoms with Gasteiger partial charge >= 0.3 is 5.97 Å². The Bertz CT molecular complexity index is 1730. The smallest absolute Gasteiger partial charge is 0.342 e. The van der Waals surface area contributed by atoms with Gasteiger partial charge < -0.3 is 33.5 Å². The Balaban J connectivity index is 1.53. The quantitative estimate of drug-likeness (QED) is 0.247. The van der Waals surface area contributed by atoms with Crippen LogP contribution in [0.3, 0.4) is 0 Å². The average molecular weight is 605 g/mol. The zero-order valence-electron chi connectivity index (χ0n) is 24.5. The Kier molecular flexibility index (Phi) is 7.61. The summed E-state index contributed by atoms with van der Waals surface area (Å²) < 4.78 is 43.8. The molecule has 1 atom stereocenters. The van der Waals surface area contributed by atoms with Gasteiger partial charge in [-0.25, -0.2) is 4.79 Å². The molecule has 43 heavy (non-hydrogen) atoms. The van der Waals surface area contributed by atoms with Crippen molar-refractivity contribution in [2.45, 2.75) is 52.1 Å². The third-order valence-corrected chi connectivity index (χ3v) is 7.59. The summed E-state index contributed by atoms with van der Waals surface area (Å²) >= 11 is 1.09. The number of carbonyl (C=O) groups is 1. The van der Waals surface area contributed by atoms with Gasteiger partial charge in [-0.15, -0.1) is 0 Å². The largest absolute Gasteiger partial charge is 0.493 e. The van der Waals surface area contributed by atoms with Gasteiger partial charge in [-0.2, -0.15) is 8.75 Å². The molecule has 0 amide bonds. The molecule has 11 heteroatoms. The molecule has 10 nitrogen and oxygen atoms in total. The van der Waals surface area contributed by atoms with Gasteiger partial charge in [0, 0.05) is 17.6 Å². The lowest BCUT2D eigenvalue weighted by Gasteiger charge is -2.28. The highest BCUT2D eigenvalue weighted by atomic mass is 32.1. The summed E-state index contributed by atoms with van der Waals surface area (Å²) in [4.78, 5) is 13.6. The molecule has 4 aromatic rings. The number of fused-ring (bicyclic) bond motifs is 2. The van der Waals surface area contributed by atoms with E-state index in [2.05, 4.69) is 8.75 Å². The summed E-state index contributed by atoms with van der Waals surface area (Å²) in [7, 11) is 1.56. The summed E-state index contributed by atoms with van der Waals surface area (Å²) in [5.41, 5.74) is 3.52. The average Bonchev–Trinajstić information content (AvgIpc) is 3.54. The molecule has 0 spiro atoms. The number of esters is 1. The molecule has 224 valence electrons. The zero-order valence-corrected chi connectivity index (χ0v) is 25.3. The Morgan fingerprint density at radius 3 is 2.37 bits per heavy atom. The number of benzene rings is 3. The lowest BCUT2D eigenvalue weighted by Crippen LogP contribution is -2.30. The number of cyclic esters (lactones) is 1. The number of aromatic nitrogens is 2. The van der Waals surface area contributed by atoms with Crippen LogP contribution < -0.4 is 23.7 Å².